The molecule has 16 heavy (non-hydrogen) atoms. The molecule has 4 nitrogen and oxygen atoms in total. The van der Waals surface area contributed by atoms with Gasteiger partial charge >= 0.3 is 5.97 Å². The van der Waals surface area contributed by atoms with Crippen LogP contribution >= 0.6 is 0 Å². The van der Waals surface area contributed by atoms with E-state index in [4.69, 9.17) is 5.11 Å². The Morgan fingerprint density at radius 1 is 1.56 bits per heavy atom. The van der Waals surface area contributed by atoms with Gasteiger partial charge in [-0.3, -0.25) is 0 Å². The predicted molar refractivity (Wildman–Crippen MR) is 58.9 cm³/mol. The third-order valence-corrected chi connectivity index (χ3v) is 3.04. The first-order chi connectivity index (χ1) is 7.68. The number of aryl methyl sites for hydroxylation is 1. The summed E-state index contributed by atoms with van der Waals surface area (Å²) in [4.78, 5) is 15.6. The molecule has 0 radical (unpaired) electrons. The first-order valence-corrected chi connectivity index (χ1v) is 5.39. The molecule has 1 saturated carbocycles. The summed E-state index contributed by atoms with van der Waals surface area (Å²) in [6.45, 7) is 1.87. The molecule has 0 spiro atoms. The molecule has 3 rings (SSSR count). The number of hydrogen-bond donors (Lipinski definition) is 1. The highest BCUT2D eigenvalue weighted by atomic mass is 16.4. The van der Waals surface area contributed by atoms with E-state index in [2.05, 4.69) is 4.98 Å². The molecule has 0 saturated heterocycles. The van der Waals surface area contributed by atoms with Crippen molar-refractivity contribution in [1.29, 1.82) is 0 Å². The molecule has 0 aliphatic heterocycles. The average Bonchev–Trinajstić information content (AvgIpc) is 3.04. The van der Waals surface area contributed by atoms with E-state index in [1.54, 1.807) is 12.1 Å². The van der Waals surface area contributed by atoms with E-state index in [-0.39, 0.29) is 0 Å². The van der Waals surface area contributed by atoms with Gasteiger partial charge in [-0.05, 0) is 31.9 Å². The maximum absolute atomic E-state index is 11.1. The Hall–Kier alpha value is -1.84. The van der Waals surface area contributed by atoms with Crippen molar-refractivity contribution < 1.29 is 9.90 Å². The second-order valence-corrected chi connectivity index (χ2v) is 4.28. The fourth-order valence-electron chi connectivity index (χ4n) is 2.15. The Bertz CT molecular complexity index is 582. The van der Waals surface area contributed by atoms with Crippen LogP contribution < -0.4 is 0 Å². The first-order valence-electron chi connectivity index (χ1n) is 5.39. The van der Waals surface area contributed by atoms with E-state index < -0.39 is 5.97 Å². The van der Waals surface area contributed by atoms with Gasteiger partial charge in [0.15, 0.2) is 0 Å². The van der Waals surface area contributed by atoms with Crippen molar-refractivity contribution in [2.75, 3.05) is 0 Å². The molecule has 0 unspecified atom stereocenters. The molecule has 1 fully saturated rings. The summed E-state index contributed by atoms with van der Waals surface area (Å²) < 4.78 is 1.93. The molecule has 1 N–H and O–H groups in total. The molecule has 0 amide bonds. The zero-order valence-corrected chi connectivity index (χ0v) is 8.97. The van der Waals surface area contributed by atoms with Crippen LogP contribution in [0.15, 0.2) is 18.3 Å². The highest BCUT2D eigenvalue weighted by Gasteiger charge is 2.29. The minimum atomic E-state index is -0.893. The lowest BCUT2D eigenvalue weighted by atomic mass is 10.2. The third kappa shape index (κ3) is 1.23. The van der Waals surface area contributed by atoms with Crippen LogP contribution in [0.25, 0.3) is 5.52 Å². The number of rotatable bonds is 2. The topological polar surface area (TPSA) is 54.6 Å². The quantitative estimate of drug-likeness (QED) is 0.837. The molecule has 2 aromatic rings. The molecule has 0 atom stereocenters. The van der Waals surface area contributed by atoms with E-state index in [9.17, 15) is 4.79 Å². The second kappa shape index (κ2) is 3.07. The van der Waals surface area contributed by atoms with E-state index in [0.717, 1.165) is 29.9 Å². The van der Waals surface area contributed by atoms with E-state index in [1.165, 1.54) is 0 Å². The van der Waals surface area contributed by atoms with Gasteiger partial charge in [0.2, 0.25) is 0 Å². The normalized spacial score (nSPS) is 15.6. The summed E-state index contributed by atoms with van der Waals surface area (Å²) in [7, 11) is 0. The van der Waals surface area contributed by atoms with Crippen LogP contribution in [0.5, 0.6) is 0 Å². The van der Waals surface area contributed by atoms with Crippen LogP contribution in [0.1, 0.15) is 40.6 Å². The van der Waals surface area contributed by atoms with Crippen LogP contribution in [-0.2, 0) is 0 Å². The molecule has 1 aliphatic rings. The molecular formula is C12H12N2O2. The molecule has 0 bridgehead atoms. The summed E-state index contributed by atoms with van der Waals surface area (Å²) in [6, 6.07) is 3.40. The van der Waals surface area contributed by atoms with Gasteiger partial charge < -0.3 is 9.51 Å². The fourth-order valence-corrected chi connectivity index (χ4v) is 2.15. The number of carbonyl (C=O) groups is 1. The Labute approximate surface area is 92.5 Å². The Balaban J connectivity index is 2.35. The lowest BCUT2D eigenvalue weighted by Crippen LogP contribution is -2.01. The SMILES string of the molecule is Cc1nc(C2CC2)n2cccc(C(=O)O)c12. The molecule has 2 heterocycles. The Kier molecular flexibility index (Phi) is 1.80. The van der Waals surface area contributed by atoms with Crippen molar-refractivity contribution in [2.45, 2.75) is 25.7 Å². The van der Waals surface area contributed by atoms with Gasteiger partial charge in [0.05, 0.1) is 16.8 Å². The zero-order valence-electron chi connectivity index (χ0n) is 8.97. The van der Waals surface area contributed by atoms with Crippen molar-refractivity contribution >= 4 is 11.5 Å². The number of aromatic carboxylic acids is 1. The predicted octanol–water partition coefficient (Wildman–Crippen LogP) is 2.22. The largest absolute Gasteiger partial charge is 0.478 e. The summed E-state index contributed by atoms with van der Waals surface area (Å²) >= 11 is 0. The first kappa shape index (κ1) is 9.39. The van der Waals surface area contributed by atoms with Gasteiger partial charge in [-0.2, -0.15) is 0 Å². The van der Waals surface area contributed by atoms with Crippen molar-refractivity contribution in [3.05, 3.63) is 35.4 Å². The summed E-state index contributed by atoms with van der Waals surface area (Å²) in [5.41, 5.74) is 1.87. The third-order valence-electron chi connectivity index (χ3n) is 3.04. The number of hydrogen-bond acceptors (Lipinski definition) is 2. The van der Waals surface area contributed by atoms with Crippen molar-refractivity contribution in [2.24, 2.45) is 0 Å². The highest BCUT2D eigenvalue weighted by molar-refractivity contribution is 5.96. The van der Waals surface area contributed by atoms with Gasteiger partial charge in [-0.1, -0.05) is 0 Å². The van der Waals surface area contributed by atoms with Gasteiger partial charge in [-0.15, -0.1) is 0 Å². The molecule has 82 valence electrons. The van der Waals surface area contributed by atoms with Gasteiger partial charge in [0.25, 0.3) is 0 Å². The number of imidazole rings is 1. The van der Waals surface area contributed by atoms with Crippen LogP contribution in [-0.4, -0.2) is 20.5 Å². The van der Waals surface area contributed by atoms with Crippen LogP contribution in [0.3, 0.4) is 0 Å². The van der Waals surface area contributed by atoms with Crippen LogP contribution in [0, 0.1) is 6.92 Å². The summed E-state index contributed by atoms with van der Waals surface area (Å²) in [5, 5.41) is 9.13. The number of pyridine rings is 1. The lowest BCUT2D eigenvalue weighted by molar-refractivity contribution is 0.0698. The van der Waals surface area contributed by atoms with Crippen LogP contribution in [0.2, 0.25) is 0 Å². The number of fused-ring (bicyclic) bond motifs is 1. The van der Waals surface area contributed by atoms with Gasteiger partial charge in [-0.25, -0.2) is 9.78 Å². The van der Waals surface area contributed by atoms with Crippen LogP contribution in [0.4, 0.5) is 0 Å². The monoisotopic (exact) mass is 216 g/mol. The minimum Gasteiger partial charge on any atom is -0.478 e. The lowest BCUT2D eigenvalue weighted by Gasteiger charge is -2.01. The molecule has 2 aromatic heterocycles. The second-order valence-electron chi connectivity index (χ2n) is 4.28. The van der Waals surface area contributed by atoms with E-state index in [0.29, 0.717) is 11.5 Å². The molecule has 4 heteroatoms. The maximum Gasteiger partial charge on any atom is 0.337 e. The van der Waals surface area contributed by atoms with Crippen molar-refractivity contribution in [3.63, 3.8) is 0 Å². The number of carboxylic acid groups (broad SMARTS) is 1. The number of nitrogens with zero attached hydrogens (tertiary/aromatic N) is 2. The number of aromatic nitrogens is 2. The average molecular weight is 216 g/mol. The Morgan fingerprint density at radius 2 is 2.31 bits per heavy atom. The van der Waals surface area contributed by atoms with Crippen molar-refractivity contribution in [1.82, 2.24) is 9.38 Å². The Morgan fingerprint density at radius 3 is 2.94 bits per heavy atom. The fraction of sp³-hybridized carbons (Fsp3) is 0.333. The smallest absolute Gasteiger partial charge is 0.337 e. The molecule has 0 aromatic carbocycles. The highest BCUT2D eigenvalue weighted by Crippen LogP contribution is 2.40. The van der Waals surface area contributed by atoms with Crippen molar-refractivity contribution in [3.8, 4) is 0 Å². The van der Waals surface area contributed by atoms with Gasteiger partial charge in [0.1, 0.15) is 5.82 Å². The van der Waals surface area contributed by atoms with E-state index in [1.807, 2.05) is 17.5 Å². The summed E-state index contributed by atoms with van der Waals surface area (Å²) in [6.07, 6.45) is 4.22. The minimum absolute atomic E-state index is 0.333. The van der Waals surface area contributed by atoms with Gasteiger partial charge in [0, 0.05) is 12.1 Å². The van der Waals surface area contributed by atoms with E-state index >= 15 is 0 Å². The molecular weight excluding hydrogens is 204 g/mol. The number of carboxylic acids is 1. The zero-order chi connectivity index (χ0) is 11.3. The maximum atomic E-state index is 11.1. The summed E-state index contributed by atoms with van der Waals surface area (Å²) in [5.74, 6) is 0.636. The molecule has 1 aliphatic carbocycles. The standard InChI is InChI=1S/C12H12N2O2/c1-7-10-9(12(15)16)3-2-6-14(10)11(13-7)8-4-5-8/h2-3,6,8H,4-5H2,1H3,(H,15,16).